The number of rotatable bonds is 16. The minimum Gasteiger partial charge on any atom is -0.494 e. The van der Waals surface area contributed by atoms with Crippen LogP contribution >= 0.6 is 11.3 Å². The average Bonchev–Trinajstić information content (AvgIpc) is 3.50. The smallest absolute Gasteiger partial charge is 0.333 e. The van der Waals surface area contributed by atoms with Gasteiger partial charge in [-0.2, -0.15) is 0 Å². The van der Waals surface area contributed by atoms with Crippen LogP contribution in [0.1, 0.15) is 73.3 Å². The fourth-order valence-electron chi connectivity index (χ4n) is 3.73. The molecule has 234 valence electrons. The van der Waals surface area contributed by atoms with Crippen LogP contribution in [0.5, 0.6) is 11.5 Å². The Hall–Kier alpha value is -4.72. The number of unbranched alkanes of at least 4 members (excludes halogenated alkanes) is 4. The highest BCUT2D eigenvalue weighted by atomic mass is 32.1. The molecule has 1 heterocycles. The molecule has 0 saturated carbocycles. The number of esters is 2. The molecule has 3 rings (SSSR count). The number of carbonyl (C=O) groups excluding carboxylic acids is 2. The number of hydrogen-bond acceptors (Lipinski definition) is 7. The van der Waals surface area contributed by atoms with E-state index in [2.05, 4.69) is 36.8 Å². The topological polar surface area (TPSA) is 71.1 Å². The van der Waals surface area contributed by atoms with Crippen LogP contribution in [-0.4, -0.2) is 38.4 Å². The summed E-state index contributed by atoms with van der Waals surface area (Å²) in [5, 5.41) is 0. The molecule has 0 saturated heterocycles. The predicted octanol–water partition coefficient (Wildman–Crippen LogP) is 7.88. The van der Waals surface area contributed by atoms with Gasteiger partial charge < -0.3 is 18.9 Å². The highest BCUT2D eigenvalue weighted by molar-refractivity contribution is 7.13. The number of thiophene rings is 1. The summed E-state index contributed by atoms with van der Waals surface area (Å²) in [4.78, 5) is 24.6. The van der Waals surface area contributed by atoms with Crippen LogP contribution in [0.25, 0.3) is 0 Å². The van der Waals surface area contributed by atoms with Crippen molar-refractivity contribution in [2.75, 3.05) is 26.4 Å². The summed E-state index contributed by atoms with van der Waals surface area (Å²) < 4.78 is 21.8. The van der Waals surface area contributed by atoms with E-state index in [1.165, 1.54) is 0 Å². The van der Waals surface area contributed by atoms with Crippen molar-refractivity contribution in [3.8, 4) is 35.2 Å². The first-order chi connectivity index (χ1) is 21.8. The van der Waals surface area contributed by atoms with E-state index >= 15 is 0 Å². The van der Waals surface area contributed by atoms with Crippen molar-refractivity contribution in [3.05, 3.63) is 106 Å². The normalized spacial score (nSPS) is 10.0. The third kappa shape index (κ3) is 14.1. The van der Waals surface area contributed by atoms with Crippen molar-refractivity contribution >= 4 is 23.3 Å². The molecule has 0 radical (unpaired) electrons. The Morgan fingerprint density at radius 2 is 0.933 bits per heavy atom. The standard InChI is InChI=1S/C38H40O6S/c1-29(2)37(39)43-27-9-5-7-25-41-33-17-11-31(12-18-33)15-21-35-23-24-36(45-35)22-16-32-13-19-34(20-14-32)42-26-8-6-10-28-44-38(40)30(3)4/h11-14,17-20,23-24H,1,3,5-10,25-28H2,2,4H3. The molecule has 0 aliphatic heterocycles. The molecule has 2 aromatic carbocycles. The molecular formula is C38H40O6S. The molecule has 45 heavy (non-hydrogen) atoms. The quantitative estimate of drug-likeness (QED) is 0.0699. The molecular weight excluding hydrogens is 584 g/mol. The Balaban J connectivity index is 1.34. The zero-order chi connectivity index (χ0) is 32.3. The van der Waals surface area contributed by atoms with Gasteiger partial charge in [0.1, 0.15) is 11.5 Å². The molecule has 1 aromatic heterocycles. The predicted molar refractivity (Wildman–Crippen MR) is 179 cm³/mol. The van der Waals surface area contributed by atoms with Crippen molar-refractivity contribution in [2.45, 2.75) is 52.4 Å². The first kappa shape index (κ1) is 34.8. The fraction of sp³-hybridized carbons (Fsp3) is 0.316. The second kappa shape index (κ2) is 19.5. The maximum Gasteiger partial charge on any atom is 0.333 e. The lowest BCUT2D eigenvalue weighted by atomic mass is 10.2. The number of ether oxygens (including phenoxy) is 4. The van der Waals surface area contributed by atoms with E-state index in [9.17, 15) is 9.59 Å². The molecule has 0 unspecified atom stereocenters. The van der Waals surface area contributed by atoms with Crippen molar-refractivity contribution in [2.24, 2.45) is 0 Å². The van der Waals surface area contributed by atoms with Crippen LogP contribution < -0.4 is 9.47 Å². The Morgan fingerprint density at radius 1 is 0.556 bits per heavy atom. The highest BCUT2D eigenvalue weighted by Crippen LogP contribution is 2.17. The lowest BCUT2D eigenvalue weighted by Crippen LogP contribution is -2.06. The van der Waals surface area contributed by atoms with Crippen LogP contribution in [0.3, 0.4) is 0 Å². The molecule has 6 nitrogen and oxygen atoms in total. The molecule has 0 atom stereocenters. The number of carbonyl (C=O) groups is 2. The molecule has 0 spiro atoms. The van der Waals surface area contributed by atoms with E-state index in [4.69, 9.17) is 18.9 Å². The van der Waals surface area contributed by atoms with Gasteiger partial charge in [0.05, 0.1) is 36.2 Å². The summed E-state index contributed by atoms with van der Waals surface area (Å²) in [7, 11) is 0. The first-order valence-electron chi connectivity index (χ1n) is 15.0. The van der Waals surface area contributed by atoms with Gasteiger partial charge in [-0.05, 0) is 113 Å². The summed E-state index contributed by atoms with van der Waals surface area (Å²) in [6.45, 7) is 12.4. The average molecular weight is 625 g/mol. The van der Waals surface area contributed by atoms with Gasteiger partial charge in [-0.1, -0.05) is 36.8 Å². The van der Waals surface area contributed by atoms with Gasteiger partial charge in [0, 0.05) is 22.3 Å². The van der Waals surface area contributed by atoms with Gasteiger partial charge in [-0.15, -0.1) is 11.3 Å². The second-order valence-electron chi connectivity index (χ2n) is 10.4. The van der Waals surface area contributed by atoms with Crippen LogP contribution in [0.2, 0.25) is 0 Å². The van der Waals surface area contributed by atoms with Crippen LogP contribution in [0.15, 0.2) is 85.0 Å². The van der Waals surface area contributed by atoms with E-state index in [1.807, 2.05) is 60.7 Å². The van der Waals surface area contributed by atoms with Crippen molar-refractivity contribution < 1.29 is 28.5 Å². The molecule has 0 bridgehead atoms. The van der Waals surface area contributed by atoms with Crippen molar-refractivity contribution in [1.29, 1.82) is 0 Å². The zero-order valence-corrected chi connectivity index (χ0v) is 26.9. The highest BCUT2D eigenvalue weighted by Gasteiger charge is 2.03. The maximum atomic E-state index is 11.4. The van der Waals surface area contributed by atoms with Crippen LogP contribution in [-0.2, 0) is 19.1 Å². The summed E-state index contributed by atoms with van der Waals surface area (Å²) in [5.74, 6) is 13.8. The molecule has 3 aromatic rings. The molecule has 7 heteroatoms. The maximum absolute atomic E-state index is 11.4. The van der Waals surface area contributed by atoms with E-state index in [1.54, 1.807) is 25.2 Å². The third-order valence-electron chi connectivity index (χ3n) is 6.25. The summed E-state index contributed by atoms with van der Waals surface area (Å²) in [6, 6.07) is 19.5. The SMILES string of the molecule is C=C(C)C(=O)OCCCCCOc1ccc(C#Cc2ccc(C#Cc3ccc(OCCCCCOC(=O)C(=C)C)cc3)s2)cc1. The summed E-state index contributed by atoms with van der Waals surface area (Å²) in [6.07, 6.45) is 5.21. The molecule has 0 aliphatic rings. The fourth-order valence-corrected chi connectivity index (χ4v) is 4.44. The van der Waals surface area contributed by atoms with E-state index < -0.39 is 0 Å². The van der Waals surface area contributed by atoms with E-state index in [-0.39, 0.29) is 11.9 Å². The minimum absolute atomic E-state index is 0.338. The van der Waals surface area contributed by atoms with Gasteiger partial charge in [-0.3, -0.25) is 0 Å². The minimum atomic E-state index is -0.338. The molecule has 0 fully saturated rings. The van der Waals surface area contributed by atoms with E-state index in [0.717, 1.165) is 70.9 Å². The largest absolute Gasteiger partial charge is 0.494 e. The van der Waals surface area contributed by atoms with Gasteiger partial charge in [0.2, 0.25) is 0 Å². The van der Waals surface area contributed by atoms with Gasteiger partial charge >= 0.3 is 11.9 Å². The zero-order valence-electron chi connectivity index (χ0n) is 26.1. The number of hydrogen-bond donors (Lipinski definition) is 0. The Labute approximate surface area is 271 Å². The van der Waals surface area contributed by atoms with E-state index in [0.29, 0.717) is 37.6 Å². The van der Waals surface area contributed by atoms with Gasteiger partial charge in [0.15, 0.2) is 0 Å². The second-order valence-corrected chi connectivity index (χ2v) is 11.4. The van der Waals surface area contributed by atoms with Crippen LogP contribution in [0.4, 0.5) is 0 Å². The molecule has 0 N–H and O–H groups in total. The Kier molecular flexibility index (Phi) is 15.1. The van der Waals surface area contributed by atoms with Crippen molar-refractivity contribution in [3.63, 3.8) is 0 Å². The lowest BCUT2D eigenvalue weighted by Gasteiger charge is -2.07. The Morgan fingerprint density at radius 3 is 1.31 bits per heavy atom. The third-order valence-corrected chi connectivity index (χ3v) is 7.17. The summed E-state index contributed by atoms with van der Waals surface area (Å²) >= 11 is 1.56. The monoisotopic (exact) mass is 624 g/mol. The van der Waals surface area contributed by atoms with Crippen molar-refractivity contribution in [1.82, 2.24) is 0 Å². The lowest BCUT2D eigenvalue weighted by molar-refractivity contribution is -0.139. The molecule has 0 aliphatic carbocycles. The molecule has 0 amide bonds. The van der Waals surface area contributed by atoms with Gasteiger partial charge in [0.25, 0.3) is 0 Å². The Bertz CT molecular complexity index is 1430. The first-order valence-corrected chi connectivity index (χ1v) is 15.9. The summed E-state index contributed by atoms with van der Waals surface area (Å²) in [5.41, 5.74) is 2.66. The number of benzene rings is 2. The van der Waals surface area contributed by atoms with Crippen LogP contribution in [0, 0.1) is 23.7 Å². The van der Waals surface area contributed by atoms with Gasteiger partial charge in [-0.25, -0.2) is 9.59 Å².